The summed E-state index contributed by atoms with van der Waals surface area (Å²) < 4.78 is 18.5. The van der Waals surface area contributed by atoms with Crippen molar-refractivity contribution in [3.8, 4) is 0 Å². The average molecular weight is 821 g/mol. The van der Waals surface area contributed by atoms with Gasteiger partial charge in [-0.1, -0.05) is 84.8 Å². The van der Waals surface area contributed by atoms with Gasteiger partial charge in [0.05, 0.1) is 35.4 Å². The van der Waals surface area contributed by atoms with E-state index in [1.165, 1.54) is 0 Å². The molecule has 6 saturated carbocycles. The molecule has 0 aromatic rings. The zero-order valence-corrected chi connectivity index (χ0v) is 36.0. The lowest BCUT2D eigenvalue weighted by molar-refractivity contribution is -0.192. The molecule has 0 amide bonds. The molecule has 2 spiro atoms. The first kappa shape index (κ1) is 42.6. The molecule has 0 aromatic heterocycles. The molecule has 8 rings (SSSR count). The summed E-state index contributed by atoms with van der Waals surface area (Å²) in [6.45, 7) is 10.9. The lowest BCUT2D eigenvalue weighted by Crippen LogP contribution is -2.59. The monoisotopic (exact) mass is 820 g/mol. The largest absolute Gasteiger partial charge is 0.481 e. The highest BCUT2D eigenvalue weighted by Gasteiger charge is 3.03. The first-order valence-corrected chi connectivity index (χ1v) is 23.4. The van der Waals surface area contributed by atoms with Crippen molar-refractivity contribution in [2.45, 2.75) is 168 Å². The fraction of sp³-hybridized carbons (Fsp3) is 0.833. The van der Waals surface area contributed by atoms with Gasteiger partial charge in [-0.05, 0) is 117 Å². The van der Waals surface area contributed by atoms with Crippen LogP contribution in [-0.4, -0.2) is 57.7 Å². The number of cyclic esters (lactones) is 4. The molecular formula is C48H68O11. The summed E-state index contributed by atoms with van der Waals surface area (Å²) in [6.07, 6.45) is 17.9. The summed E-state index contributed by atoms with van der Waals surface area (Å²) in [5.74, 6) is -4.57. The number of rotatable bonds is 20. The van der Waals surface area contributed by atoms with Gasteiger partial charge in [-0.3, -0.25) is 28.8 Å². The van der Waals surface area contributed by atoms with E-state index in [-0.39, 0.29) is 70.7 Å². The number of hydrogen-bond acceptors (Lipinski definition) is 9. The Morgan fingerprint density at radius 1 is 0.881 bits per heavy atom. The number of fused-ring (bicyclic) bond motifs is 5. The summed E-state index contributed by atoms with van der Waals surface area (Å²) in [5, 5.41) is 19.9. The van der Waals surface area contributed by atoms with Crippen LogP contribution < -0.4 is 0 Å². The first-order valence-electron chi connectivity index (χ1n) is 23.4. The number of aliphatic carboxylic acids is 2. The second-order valence-corrected chi connectivity index (χ2v) is 21.2. The molecule has 6 aliphatic carbocycles. The Bertz CT molecular complexity index is 1770. The quantitative estimate of drug-likeness (QED) is 0.0521. The molecule has 2 aliphatic heterocycles. The molecule has 0 aromatic carbocycles. The minimum absolute atomic E-state index is 0.000819. The molecular weight excluding hydrogens is 753 g/mol. The van der Waals surface area contributed by atoms with Crippen LogP contribution in [0.3, 0.4) is 0 Å². The second-order valence-electron chi connectivity index (χ2n) is 21.2. The number of carboxylic acids is 2. The Labute approximate surface area is 349 Å². The summed E-state index contributed by atoms with van der Waals surface area (Å²) in [7, 11) is 0. The number of carboxylic acid groups (broad SMARTS) is 2. The molecule has 0 bridgehead atoms. The standard InChI is InChI=1S/C48H68O11/c1-6-7-8-12-16-28(30-25-34(51)57-39(30)52)19-20-29(17-13-10-9-11-14-18-33(49)50)59-48-38-35(40(53)58-41(38)54)37-36(27(2)3)46(37)26-32-44(4)22-15-23-45(5,43(55)56)31(44)21-24-47(32,48)42(46)48/h12,16,27-32,35-38,42H,6-11,13-15,17-26H2,1-5H3,(H,49,50)(H,55,56)/b16-12+. The fourth-order valence-electron chi connectivity index (χ4n) is 16.2. The van der Waals surface area contributed by atoms with E-state index >= 15 is 0 Å². The summed E-state index contributed by atoms with van der Waals surface area (Å²) in [4.78, 5) is 77.8. The number of unbranched alkanes of at least 4 members (excludes halogenated alkanes) is 6. The normalized spacial score (nSPS) is 43.4. The molecule has 11 nitrogen and oxygen atoms in total. The van der Waals surface area contributed by atoms with Crippen molar-refractivity contribution in [1.82, 2.24) is 0 Å². The van der Waals surface area contributed by atoms with Crippen molar-refractivity contribution in [2.24, 2.45) is 80.8 Å². The van der Waals surface area contributed by atoms with Crippen LogP contribution >= 0.6 is 0 Å². The molecule has 2 heterocycles. The molecule has 8 aliphatic rings. The lowest BCUT2D eigenvalue weighted by Gasteiger charge is -2.60. The van der Waals surface area contributed by atoms with Crippen LogP contribution in [0.4, 0.5) is 0 Å². The number of carbonyl (C=O) groups is 6. The Morgan fingerprint density at radius 3 is 2.31 bits per heavy atom. The molecule has 326 valence electrons. The summed E-state index contributed by atoms with van der Waals surface area (Å²) >= 11 is 0. The van der Waals surface area contributed by atoms with E-state index in [4.69, 9.17) is 19.3 Å². The fourth-order valence-corrected chi connectivity index (χ4v) is 16.2. The first-order chi connectivity index (χ1) is 28.1. The molecule has 0 radical (unpaired) electrons. The maximum atomic E-state index is 14.3. The molecule has 59 heavy (non-hydrogen) atoms. The smallest absolute Gasteiger partial charge is 0.320 e. The predicted molar refractivity (Wildman–Crippen MR) is 215 cm³/mol. The SMILES string of the molecule is CCCC/C=C/C(CCC(CCCCCCCC(=O)O)OC12C3C(=O)OC(=O)C3C3C(C(C)C)C34CC3C5(C)CCCC(C)(C(=O)O)C5CCC31C42)C1CC(=O)OC1=O. The third-order valence-electron chi connectivity index (χ3n) is 18.2. The van der Waals surface area contributed by atoms with Gasteiger partial charge >= 0.3 is 35.8 Å². The Morgan fingerprint density at radius 2 is 1.63 bits per heavy atom. The molecule has 15 atom stereocenters. The highest BCUT2D eigenvalue weighted by molar-refractivity contribution is 5.99. The van der Waals surface area contributed by atoms with Gasteiger partial charge < -0.3 is 24.4 Å². The van der Waals surface area contributed by atoms with Crippen molar-refractivity contribution >= 4 is 35.8 Å². The average Bonchev–Trinajstić information content (AvgIpc) is 3.76. The van der Waals surface area contributed by atoms with Gasteiger partial charge in [-0.2, -0.15) is 0 Å². The highest BCUT2D eigenvalue weighted by atomic mass is 16.6. The van der Waals surface area contributed by atoms with Gasteiger partial charge in [-0.25, -0.2) is 0 Å². The van der Waals surface area contributed by atoms with Crippen molar-refractivity contribution in [2.75, 3.05) is 0 Å². The van der Waals surface area contributed by atoms with E-state index in [0.717, 1.165) is 77.0 Å². The molecule has 15 unspecified atom stereocenters. The van der Waals surface area contributed by atoms with Gasteiger partial charge in [0.25, 0.3) is 0 Å². The van der Waals surface area contributed by atoms with Gasteiger partial charge in [0.15, 0.2) is 0 Å². The second kappa shape index (κ2) is 15.4. The van der Waals surface area contributed by atoms with Crippen LogP contribution in [0.1, 0.15) is 157 Å². The van der Waals surface area contributed by atoms with Gasteiger partial charge in [-0.15, -0.1) is 0 Å². The number of carbonyl (C=O) groups excluding carboxylic acids is 4. The third-order valence-corrected chi connectivity index (χ3v) is 18.2. The van der Waals surface area contributed by atoms with E-state index in [1.807, 2.05) is 6.92 Å². The van der Waals surface area contributed by atoms with Crippen LogP contribution in [-0.2, 0) is 43.0 Å². The maximum absolute atomic E-state index is 14.3. The number of esters is 4. The van der Waals surface area contributed by atoms with Gasteiger partial charge in [0.1, 0.15) is 5.92 Å². The Hall–Kier alpha value is -3.08. The number of ether oxygens (including phenoxy) is 3. The Balaban J connectivity index is 1.16. The van der Waals surface area contributed by atoms with Crippen LogP contribution in [0.5, 0.6) is 0 Å². The Kier molecular flexibility index (Phi) is 11.1. The van der Waals surface area contributed by atoms with Crippen LogP contribution in [0.15, 0.2) is 12.2 Å². The molecule has 2 saturated heterocycles. The minimum atomic E-state index is -0.907. The topological polar surface area (TPSA) is 171 Å². The highest BCUT2D eigenvalue weighted by Crippen LogP contribution is 3.00. The van der Waals surface area contributed by atoms with E-state index in [2.05, 4.69) is 39.8 Å². The van der Waals surface area contributed by atoms with Crippen LogP contribution in [0.2, 0.25) is 0 Å². The molecule has 2 N–H and O–H groups in total. The van der Waals surface area contributed by atoms with Crippen LogP contribution in [0.25, 0.3) is 0 Å². The van der Waals surface area contributed by atoms with E-state index < -0.39 is 64.6 Å². The summed E-state index contributed by atoms with van der Waals surface area (Å²) in [6, 6.07) is 0. The van der Waals surface area contributed by atoms with Crippen molar-refractivity contribution < 1.29 is 53.2 Å². The zero-order valence-electron chi connectivity index (χ0n) is 36.0. The van der Waals surface area contributed by atoms with E-state index in [9.17, 15) is 33.9 Å². The predicted octanol–water partition coefficient (Wildman–Crippen LogP) is 8.70. The van der Waals surface area contributed by atoms with Crippen molar-refractivity contribution in [3.05, 3.63) is 12.2 Å². The number of allylic oxidation sites excluding steroid dienone is 2. The summed E-state index contributed by atoms with van der Waals surface area (Å²) in [5.41, 5.74) is -2.55. The molecule has 8 fully saturated rings. The molecule has 11 heteroatoms. The van der Waals surface area contributed by atoms with E-state index in [1.54, 1.807) is 0 Å². The van der Waals surface area contributed by atoms with Gasteiger partial charge in [0.2, 0.25) is 0 Å². The zero-order chi connectivity index (χ0) is 42.3. The lowest BCUT2D eigenvalue weighted by atomic mass is 9.44. The van der Waals surface area contributed by atoms with E-state index in [0.29, 0.717) is 38.0 Å². The van der Waals surface area contributed by atoms with Crippen molar-refractivity contribution in [1.29, 1.82) is 0 Å². The van der Waals surface area contributed by atoms with Crippen molar-refractivity contribution in [3.63, 3.8) is 0 Å². The number of hydrogen-bond donors (Lipinski definition) is 2. The third kappa shape index (κ3) is 6.25. The minimum Gasteiger partial charge on any atom is -0.481 e. The maximum Gasteiger partial charge on any atom is 0.320 e. The van der Waals surface area contributed by atoms with Gasteiger partial charge in [0, 0.05) is 17.8 Å². The van der Waals surface area contributed by atoms with Crippen LogP contribution in [0, 0.1) is 80.8 Å².